The highest BCUT2D eigenvalue weighted by atomic mass is 32.1. The van der Waals surface area contributed by atoms with Crippen molar-refractivity contribution in [3.63, 3.8) is 0 Å². The van der Waals surface area contributed by atoms with Crippen LogP contribution in [0.1, 0.15) is 40.2 Å². The molecule has 0 bridgehead atoms. The summed E-state index contributed by atoms with van der Waals surface area (Å²) < 4.78 is 8.96. The Morgan fingerprint density at radius 3 is 2.51 bits per heavy atom. The molecular formula is C31H31N3OS2. The van der Waals surface area contributed by atoms with E-state index in [9.17, 15) is 0 Å². The zero-order valence-electron chi connectivity index (χ0n) is 22.1. The Morgan fingerprint density at radius 1 is 0.919 bits per heavy atom. The smallest absolute Gasteiger partial charge is 0.182 e. The molecule has 0 fully saturated rings. The van der Waals surface area contributed by atoms with Crippen molar-refractivity contribution in [1.29, 1.82) is 0 Å². The van der Waals surface area contributed by atoms with Crippen molar-refractivity contribution >= 4 is 48.5 Å². The maximum atomic E-state index is 6.47. The summed E-state index contributed by atoms with van der Waals surface area (Å²) in [6, 6.07) is 19.4. The predicted molar refractivity (Wildman–Crippen MR) is 159 cm³/mol. The van der Waals surface area contributed by atoms with Gasteiger partial charge in [0.1, 0.15) is 5.75 Å². The van der Waals surface area contributed by atoms with Crippen LogP contribution in [0.4, 0.5) is 5.69 Å². The lowest BCUT2D eigenvalue weighted by Gasteiger charge is -2.21. The molecule has 2 aromatic carbocycles. The topological polar surface area (TPSA) is 28.6 Å². The van der Waals surface area contributed by atoms with Gasteiger partial charge in [0, 0.05) is 68.2 Å². The fourth-order valence-electron chi connectivity index (χ4n) is 4.95. The van der Waals surface area contributed by atoms with Crippen molar-refractivity contribution in [3.8, 4) is 22.1 Å². The Morgan fingerprint density at radius 2 is 1.76 bits per heavy atom. The molecule has 0 radical (unpaired) electrons. The van der Waals surface area contributed by atoms with E-state index in [4.69, 9.17) is 9.72 Å². The minimum atomic E-state index is 0.0590. The maximum Gasteiger partial charge on any atom is 0.182 e. The molecule has 0 saturated heterocycles. The van der Waals surface area contributed by atoms with Crippen molar-refractivity contribution in [2.45, 2.75) is 40.0 Å². The second kappa shape index (κ2) is 8.89. The average molecular weight is 526 g/mol. The van der Waals surface area contributed by atoms with Crippen molar-refractivity contribution in [1.82, 2.24) is 9.88 Å². The third kappa shape index (κ3) is 4.28. The summed E-state index contributed by atoms with van der Waals surface area (Å²) in [5, 5.41) is 5.50. The van der Waals surface area contributed by atoms with Crippen LogP contribution >= 0.6 is 22.7 Å². The summed E-state index contributed by atoms with van der Waals surface area (Å²) in [6.07, 6.45) is 1.94. The average Bonchev–Trinajstić information content (AvgIpc) is 3.56. The summed E-state index contributed by atoms with van der Waals surface area (Å²) in [4.78, 5) is 9.42. The summed E-state index contributed by atoms with van der Waals surface area (Å²) in [5.41, 5.74) is 7.27. The van der Waals surface area contributed by atoms with Gasteiger partial charge in [-0.1, -0.05) is 38.2 Å². The Balaban J connectivity index is 1.41. The molecule has 4 nitrogen and oxygen atoms in total. The molecule has 0 saturated carbocycles. The van der Waals surface area contributed by atoms with Crippen molar-refractivity contribution in [2.75, 3.05) is 18.6 Å². The van der Waals surface area contributed by atoms with Crippen LogP contribution in [0.5, 0.6) is 10.8 Å². The Labute approximate surface area is 226 Å². The van der Waals surface area contributed by atoms with Crippen LogP contribution in [0.2, 0.25) is 0 Å². The number of benzene rings is 2. The first-order chi connectivity index (χ1) is 17.7. The second-order valence-electron chi connectivity index (χ2n) is 10.8. The number of ether oxygens (including phenoxy) is 1. The van der Waals surface area contributed by atoms with Gasteiger partial charge in [0.15, 0.2) is 5.06 Å². The fraction of sp³-hybridized carbons (Fsp3) is 0.258. The van der Waals surface area contributed by atoms with Gasteiger partial charge in [0.2, 0.25) is 0 Å². The number of pyridine rings is 1. The van der Waals surface area contributed by atoms with Gasteiger partial charge in [0.25, 0.3) is 0 Å². The van der Waals surface area contributed by atoms with Crippen LogP contribution < -0.4 is 9.64 Å². The van der Waals surface area contributed by atoms with Gasteiger partial charge in [-0.2, -0.15) is 0 Å². The quantitative estimate of drug-likeness (QED) is 0.234. The van der Waals surface area contributed by atoms with Gasteiger partial charge < -0.3 is 14.5 Å². The first kappa shape index (κ1) is 24.0. The summed E-state index contributed by atoms with van der Waals surface area (Å²) in [7, 11) is 2.13. The summed E-state index contributed by atoms with van der Waals surface area (Å²) >= 11 is 3.47. The molecule has 0 amide bonds. The molecule has 6 rings (SSSR count). The van der Waals surface area contributed by atoms with E-state index in [0.29, 0.717) is 0 Å². The number of anilines is 1. The highest BCUT2D eigenvalue weighted by Gasteiger charge is 2.22. The molecule has 188 valence electrons. The van der Waals surface area contributed by atoms with Crippen LogP contribution in [0, 0.1) is 0 Å². The Bertz CT molecular complexity index is 1670. The van der Waals surface area contributed by atoms with Gasteiger partial charge in [-0.3, -0.25) is 4.98 Å². The normalized spacial score (nSPS) is 14.4. The summed E-state index contributed by atoms with van der Waals surface area (Å²) in [5.74, 6) is 0.847. The van der Waals surface area contributed by atoms with E-state index in [-0.39, 0.29) is 5.41 Å². The van der Waals surface area contributed by atoms with Crippen molar-refractivity contribution < 1.29 is 4.74 Å². The number of rotatable bonds is 4. The van der Waals surface area contributed by atoms with E-state index in [1.807, 2.05) is 12.3 Å². The third-order valence-corrected chi connectivity index (χ3v) is 9.14. The SMILES string of the molecule is CC1=C(C)N(c2cccc(Oc3cc4c(-c5cc(C(C)(C)C)ccn5)c5ccsc5cc4s3)c2)CN1C. The molecule has 6 heteroatoms. The van der Waals surface area contributed by atoms with Crippen LogP contribution in [0.25, 0.3) is 31.4 Å². The van der Waals surface area contributed by atoms with E-state index < -0.39 is 0 Å². The van der Waals surface area contributed by atoms with Gasteiger partial charge in [-0.05, 0) is 66.6 Å². The molecule has 5 aromatic rings. The van der Waals surface area contributed by atoms with E-state index in [1.165, 1.54) is 42.7 Å². The first-order valence-corrected chi connectivity index (χ1v) is 14.2. The third-order valence-electron chi connectivity index (χ3n) is 7.32. The minimum Gasteiger partial charge on any atom is -0.447 e. The number of aromatic nitrogens is 1. The monoisotopic (exact) mass is 525 g/mol. The first-order valence-electron chi connectivity index (χ1n) is 12.5. The van der Waals surface area contributed by atoms with E-state index in [1.54, 1.807) is 22.7 Å². The van der Waals surface area contributed by atoms with Crippen LogP contribution in [-0.2, 0) is 5.41 Å². The highest BCUT2D eigenvalue weighted by molar-refractivity contribution is 7.22. The predicted octanol–water partition coefficient (Wildman–Crippen LogP) is 9.23. The number of nitrogens with zero attached hydrogens (tertiary/aromatic N) is 3. The van der Waals surface area contributed by atoms with E-state index in [2.05, 4.69) is 105 Å². The van der Waals surface area contributed by atoms with Crippen LogP contribution in [0.15, 0.2) is 77.6 Å². The number of allylic oxidation sites excluding steroid dienone is 2. The largest absolute Gasteiger partial charge is 0.447 e. The standard InChI is InChI=1S/C31H31N3OS2/c1-19-20(2)34(18-33(19)6)22-8-7-9-23(15-22)35-29-16-25-28(37-29)17-27-24(11-13-36-27)30(25)26-14-21(10-12-32-26)31(3,4)5/h7-17H,18H2,1-6H3. The van der Waals surface area contributed by atoms with Crippen molar-refractivity contribution in [2.24, 2.45) is 0 Å². The van der Waals surface area contributed by atoms with Crippen LogP contribution in [0.3, 0.4) is 0 Å². The molecule has 37 heavy (non-hydrogen) atoms. The van der Waals surface area contributed by atoms with E-state index in [0.717, 1.165) is 28.9 Å². The molecule has 0 aliphatic carbocycles. The van der Waals surface area contributed by atoms with Crippen molar-refractivity contribution in [3.05, 3.63) is 83.1 Å². The lowest BCUT2D eigenvalue weighted by atomic mass is 9.86. The number of hydrogen-bond donors (Lipinski definition) is 0. The lowest BCUT2D eigenvalue weighted by Crippen LogP contribution is -2.24. The molecule has 1 aliphatic rings. The zero-order chi connectivity index (χ0) is 25.9. The maximum absolute atomic E-state index is 6.47. The molecule has 3 aromatic heterocycles. The molecule has 0 N–H and O–H groups in total. The molecular weight excluding hydrogens is 494 g/mol. The molecule has 0 spiro atoms. The Hall–Kier alpha value is -3.35. The zero-order valence-corrected chi connectivity index (χ0v) is 23.8. The van der Waals surface area contributed by atoms with Gasteiger partial charge in [0.05, 0.1) is 12.4 Å². The highest BCUT2D eigenvalue weighted by Crippen LogP contribution is 2.45. The number of thiophene rings is 2. The molecule has 4 heterocycles. The van der Waals surface area contributed by atoms with E-state index >= 15 is 0 Å². The minimum absolute atomic E-state index is 0.0590. The summed E-state index contributed by atoms with van der Waals surface area (Å²) in [6.45, 7) is 11.9. The molecule has 0 atom stereocenters. The number of fused-ring (bicyclic) bond motifs is 2. The molecule has 0 unspecified atom stereocenters. The van der Waals surface area contributed by atoms with Gasteiger partial charge >= 0.3 is 0 Å². The second-order valence-corrected chi connectivity index (χ2v) is 12.8. The number of hydrogen-bond acceptors (Lipinski definition) is 6. The van der Waals surface area contributed by atoms with Crippen LogP contribution in [-0.4, -0.2) is 23.6 Å². The molecule has 1 aliphatic heterocycles. The lowest BCUT2D eigenvalue weighted by molar-refractivity contribution is 0.459. The Kier molecular flexibility index (Phi) is 5.77. The van der Waals surface area contributed by atoms with Gasteiger partial charge in [-0.15, -0.1) is 11.3 Å². The fourth-order valence-corrected chi connectivity index (χ4v) is 6.84. The van der Waals surface area contributed by atoms with Gasteiger partial charge in [-0.25, -0.2) is 0 Å².